The summed E-state index contributed by atoms with van der Waals surface area (Å²) in [6, 6.07) is 0. The van der Waals surface area contributed by atoms with Crippen LogP contribution in [0, 0.1) is 5.92 Å². The minimum atomic E-state index is -0.480. The molecule has 12 heavy (non-hydrogen) atoms. The molecule has 0 radical (unpaired) electrons. The molecule has 1 saturated heterocycles. The molecule has 0 amide bonds. The predicted molar refractivity (Wildman–Crippen MR) is 48.1 cm³/mol. The van der Waals surface area contributed by atoms with Crippen LogP contribution in [0.5, 0.6) is 0 Å². The third-order valence-corrected chi connectivity index (χ3v) is 2.51. The Kier molecular flexibility index (Phi) is 2.89. The summed E-state index contributed by atoms with van der Waals surface area (Å²) in [7, 11) is 0. The van der Waals surface area contributed by atoms with Gasteiger partial charge in [-0.3, -0.25) is 4.79 Å². The van der Waals surface area contributed by atoms with E-state index in [4.69, 9.17) is 4.74 Å². The molecule has 0 saturated carbocycles. The van der Waals surface area contributed by atoms with E-state index in [1.807, 2.05) is 20.8 Å². The molecule has 2 heteroatoms. The topological polar surface area (TPSA) is 26.3 Å². The quantitative estimate of drug-likeness (QED) is 0.635. The van der Waals surface area contributed by atoms with E-state index in [9.17, 15) is 4.79 Å². The third kappa shape index (κ3) is 1.86. The van der Waals surface area contributed by atoms with Gasteiger partial charge in [0.2, 0.25) is 0 Å². The summed E-state index contributed by atoms with van der Waals surface area (Å²) in [4.78, 5) is 11.7. The highest BCUT2D eigenvalue weighted by molar-refractivity contribution is 5.88. The molecule has 0 N–H and O–H groups in total. The van der Waals surface area contributed by atoms with Crippen LogP contribution in [-0.4, -0.2) is 18.0 Å². The van der Waals surface area contributed by atoms with Crippen LogP contribution in [0.25, 0.3) is 0 Å². The minimum absolute atomic E-state index is 0.0908. The van der Waals surface area contributed by atoms with Crippen LogP contribution < -0.4 is 0 Å². The lowest BCUT2D eigenvalue weighted by atomic mass is 9.86. The van der Waals surface area contributed by atoms with Crippen LogP contribution in [0.1, 0.15) is 40.0 Å². The van der Waals surface area contributed by atoms with Crippen LogP contribution in [0.15, 0.2) is 0 Å². The fraction of sp³-hybridized carbons (Fsp3) is 0.900. The van der Waals surface area contributed by atoms with Crippen LogP contribution in [-0.2, 0) is 9.53 Å². The predicted octanol–water partition coefficient (Wildman–Crippen LogP) is 2.17. The van der Waals surface area contributed by atoms with Crippen molar-refractivity contribution in [3.8, 4) is 0 Å². The molecule has 0 aromatic heterocycles. The number of hydrogen-bond donors (Lipinski definition) is 0. The second-order valence-electron chi connectivity index (χ2n) is 4.06. The van der Waals surface area contributed by atoms with Gasteiger partial charge in [0.05, 0.1) is 0 Å². The SMILES string of the molecule is CC(C)C(=O)C1(C)CCCCO1. The van der Waals surface area contributed by atoms with Gasteiger partial charge in [0.25, 0.3) is 0 Å². The van der Waals surface area contributed by atoms with Gasteiger partial charge in [0.1, 0.15) is 5.60 Å². The Morgan fingerprint density at radius 1 is 1.42 bits per heavy atom. The molecule has 1 unspecified atom stereocenters. The molecule has 2 nitrogen and oxygen atoms in total. The number of rotatable bonds is 2. The third-order valence-electron chi connectivity index (χ3n) is 2.51. The Morgan fingerprint density at radius 2 is 2.08 bits per heavy atom. The van der Waals surface area contributed by atoms with E-state index in [0.717, 1.165) is 25.9 Å². The fourth-order valence-corrected chi connectivity index (χ4v) is 1.74. The Labute approximate surface area is 74.3 Å². The van der Waals surface area contributed by atoms with Crippen molar-refractivity contribution in [2.75, 3.05) is 6.61 Å². The zero-order valence-corrected chi connectivity index (χ0v) is 8.22. The molecule has 0 aromatic rings. The lowest BCUT2D eigenvalue weighted by molar-refractivity contribution is -0.151. The smallest absolute Gasteiger partial charge is 0.166 e. The van der Waals surface area contributed by atoms with Gasteiger partial charge < -0.3 is 4.74 Å². The molecule has 0 aromatic carbocycles. The average Bonchev–Trinajstić information content (AvgIpc) is 2.04. The van der Waals surface area contributed by atoms with Gasteiger partial charge in [-0.25, -0.2) is 0 Å². The Hall–Kier alpha value is -0.370. The number of carbonyl (C=O) groups is 1. The molecule has 1 heterocycles. The lowest BCUT2D eigenvalue weighted by Crippen LogP contribution is -2.43. The maximum Gasteiger partial charge on any atom is 0.166 e. The van der Waals surface area contributed by atoms with Crippen LogP contribution >= 0.6 is 0 Å². The van der Waals surface area contributed by atoms with Crippen LogP contribution in [0.2, 0.25) is 0 Å². The van der Waals surface area contributed by atoms with Gasteiger partial charge >= 0.3 is 0 Å². The first-order chi connectivity index (χ1) is 5.56. The molecule has 1 rings (SSSR count). The average molecular weight is 170 g/mol. The number of hydrogen-bond acceptors (Lipinski definition) is 2. The van der Waals surface area contributed by atoms with Crippen LogP contribution in [0.3, 0.4) is 0 Å². The summed E-state index contributed by atoms with van der Waals surface area (Å²) >= 11 is 0. The Bertz CT molecular complexity index is 167. The van der Waals surface area contributed by atoms with E-state index >= 15 is 0 Å². The van der Waals surface area contributed by atoms with Gasteiger partial charge in [0, 0.05) is 12.5 Å². The molecule has 1 aliphatic rings. The van der Waals surface area contributed by atoms with Crippen molar-refractivity contribution >= 4 is 5.78 Å². The zero-order chi connectivity index (χ0) is 9.19. The number of carbonyl (C=O) groups excluding carboxylic acids is 1. The molecule has 0 spiro atoms. The van der Waals surface area contributed by atoms with E-state index in [2.05, 4.69) is 0 Å². The largest absolute Gasteiger partial charge is 0.367 e. The van der Waals surface area contributed by atoms with Crippen molar-refractivity contribution in [2.24, 2.45) is 5.92 Å². The van der Waals surface area contributed by atoms with Crippen LogP contribution in [0.4, 0.5) is 0 Å². The van der Waals surface area contributed by atoms with E-state index in [-0.39, 0.29) is 11.7 Å². The monoisotopic (exact) mass is 170 g/mol. The van der Waals surface area contributed by atoms with Crippen molar-refractivity contribution in [2.45, 2.75) is 45.6 Å². The first-order valence-corrected chi connectivity index (χ1v) is 4.74. The highest BCUT2D eigenvalue weighted by Gasteiger charge is 2.36. The highest BCUT2D eigenvalue weighted by atomic mass is 16.5. The van der Waals surface area contributed by atoms with Gasteiger partial charge in [-0.2, -0.15) is 0 Å². The molecular weight excluding hydrogens is 152 g/mol. The molecule has 1 fully saturated rings. The van der Waals surface area contributed by atoms with Crippen molar-refractivity contribution < 1.29 is 9.53 Å². The number of ether oxygens (including phenoxy) is 1. The summed E-state index contributed by atoms with van der Waals surface area (Å²) in [5, 5.41) is 0. The molecule has 0 bridgehead atoms. The summed E-state index contributed by atoms with van der Waals surface area (Å²) in [5.41, 5.74) is -0.480. The normalized spacial score (nSPS) is 30.7. The summed E-state index contributed by atoms with van der Waals surface area (Å²) in [5.74, 6) is 0.343. The van der Waals surface area contributed by atoms with Gasteiger partial charge in [-0.05, 0) is 26.2 Å². The minimum Gasteiger partial charge on any atom is -0.367 e. The summed E-state index contributed by atoms with van der Waals surface area (Å²) < 4.78 is 5.54. The molecule has 1 aliphatic heterocycles. The summed E-state index contributed by atoms with van der Waals surface area (Å²) in [6.07, 6.45) is 3.11. The molecule has 70 valence electrons. The van der Waals surface area contributed by atoms with Crippen molar-refractivity contribution in [1.29, 1.82) is 0 Å². The Balaban J connectivity index is 2.62. The fourth-order valence-electron chi connectivity index (χ4n) is 1.74. The molecule has 1 atom stereocenters. The second-order valence-corrected chi connectivity index (χ2v) is 4.06. The number of Topliss-reactive ketones (excluding diaryl/α,β-unsaturated/α-hetero) is 1. The van der Waals surface area contributed by atoms with E-state index in [1.54, 1.807) is 0 Å². The van der Waals surface area contributed by atoms with E-state index in [1.165, 1.54) is 0 Å². The maximum absolute atomic E-state index is 11.7. The van der Waals surface area contributed by atoms with Gasteiger partial charge in [-0.15, -0.1) is 0 Å². The highest BCUT2D eigenvalue weighted by Crippen LogP contribution is 2.27. The van der Waals surface area contributed by atoms with Crippen molar-refractivity contribution in [3.05, 3.63) is 0 Å². The standard InChI is InChI=1S/C10H18O2/c1-8(2)9(11)10(3)6-4-5-7-12-10/h8H,4-7H2,1-3H3. The lowest BCUT2D eigenvalue weighted by Gasteiger charge is -2.33. The van der Waals surface area contributed by atoms with Gasteiger partial charge in [0.15, 0.2) is 5.78 Å². The second kappa shape index (κ2) is 3.56. The summed E-state index contributed by atoms with van der Waals surface area (Å²) in [6.45, 7) is 6.54. The van der Waals surface area contributed by atoms with Gasteiger partial charge in [-0.1, -0.05) is 13.8 Å². The zero-order valence-electron chi connectivity index (χ0n) is 8.22. The van der Waals surface area contributed by atoms with E-state index < -0.39 is 5.60 Å². The first-order valence-electron chi connectivity index (χ1n) is 4.74. The first kappa shape index (κ1) is 9.72. The number of ketones is 1. The Morgan fingerprint density at radius 3 is 2.50 bits per heavy atom. The van der Waals surface area contributed by atoms with Crippen molar-refractivity contribution in [3.63, 3.8) is 0 Å². The molecular formula is C10H18O2. The maximum atomic E-state index is 11.7. The van der Waals surface area contributed by atoms with Crippen molar-refractivity contribution in [1.82, 2.24) is 0 Å². The van der Waals surface area contributed by atoms with E-state index in [0.29, 0.717) is 0 Å². The molecule has 0 aliphatic carbocycles.